The number of hydrogen-bond acceptors (Lipinski definition) is 3. The van der Waals surface area contributed by atoms with Gasteiger partial charge < -0.3 is 9.47 Å². The number of nitrogens with one attached hydrogen (secondary N) is 1. The summed E-state index contributed by atoms with van der Waals surface area (Å²) in [4.78, 5) is 11.4. The number of benzene rings is 1. The average molecular weight is 221 g/mol. The third kappa shape index (κ3) is 2.97. The van der Waals surface area contributed by atoms with Gasteiger partial charge in [0.25, 0.3) is 0 Å². The first-order chi connectivity index (χ1) is 7.79. The quantitative estimate of drug-likeness (QED) is 0.793. The number of amides is 1. The summed E-state index contributed by atoms with van der Waals surface area (Å²) in [6, 6.07) is 7.69. The summed E-state index contributed by atoms with van der Waals surface area (Å²) in [6.07, 6.45) is 0.561. The Morgan fingerprint density at radius 2 is 2.31 bits per heavy atom. The highest BCUT2D eigenvalue weighted by Crippen LogP contribution is 2.16. The van der Waals surface area contributed by atoms with Crippen LogP contribution >= 0.6 is 0 Å². The molecule has 0 spiro atoms. The normalized spacial score (nSPS) is 17.9. The first-order valence-electron chi connectivity index (χ1n) is 5.43. The summed E-state index contributed by atoms with van der Waals surface area (Å²) >= 11 is 0. The Hall–Kier alpha value is -1.55. The number of anilines is 1. The molecule has 16 heavy (non-hydrogen) atoms. The molecule has 1 aromatic carbocycles. The largest absolute Gasteiger partial charge is 0.446 e. The number of aryl methyl sites for hydroxylation is 1. The van der Waals surface area contributed by atoms with Gasteiger partial charge in [0.05, 0.1) is 6.61 Å². The van der Waals surface area contributed by atoms with Crippen LogP contribution in [0.25, 0.3) is 0 Å². The molecule has 1 atom stereocenters. The van der Waals surface area contributed by atoms with E-state index in [1.807, 2.05) is 31.2 Å². The minimum Gasteiger partial charge on any atom is -0.446 e. The number of rotatable bonds is 4. The molecule has 2 rings (SSSR count). The maximum absolute atomic E-state index is 11.4. The smallest absolute Gasteiger partial charge is 0.411 e. The van der Waals surface area contributed by atoms with Crippen molar-refractivity contribution in [3.8, 4) is 0 Å². The molecule has 4 nitrogen and oxygen atoms in total. The zero-order valence-electron chi connectivity index (χ0n) is 9.23. The highest BCUT2D eigenvalue weighted by atomic mass is 16.6. The van der Waals surface area contributed by atoms with Crippen LogP contribution in [0, 0.1) is 0 Å². The molecular formula is C12H15NO3. The fraction of sp³-hybridized carbons (Fsp3) is 0.417. The molecule has 0 saturated carbocycles. The molecule has 0 aliphatic carbocycles. The molecule has 1 aromatic rings. The van der Waals surface area contributed by atoms with Crippen LogP contribution < -0.4 is 5.32 Å². The zero-order chi connectivity index (χ0) is 11.4. The molecule has 1 aliphatic rings. The molecule has 0 bridgehead atoms. The predicted molar refractivity (Wildman–Crippen MR) is 60.5 cm³/mol. The first kappa shape index (κ1) is 11.0. The maximum Gasteiger partial charge on any atom is 0.411 e. The molecule has 1 heterocycles. The summed E-state index contributed by atoms with van der Waals surface area (Å²) in [7, 11) is 0. The lowest BCUT2D eigenvalue weighted by molar-refractivity contribution is 0.150. The second-order valence-corrected chi connectivity index (χ2v) is 3.69. The van der Waals surface area contributed by atoms with Gasteiger partial charge in [-0.3, -0.25) is 5.32 Å². The Morgan fingerprint density at radius 3 is 3.00 bits per heavy atom. The van der Waals surface area contributed by atoms with E-state index in [2.05, 4.69) is 5.32 Å². The van der Waals surface area contributed by atoms with Crippen molar-refractivity contribution in [2.45, 2.75) is 19.4 Å². The van der Waals surface area contributed by atoms with E-state index in [4.69, 9.17) is 9.47 Å². The number of ether oxygens (including phenoxy) is 2. The maximum atomic E-state index is 11.4. The van der Waals surface area contributed by atoms with Crippen LogP contribution in [0.15, 0.2) is 24.3 Å². The Bertz CT molecular complexity index is 374. The molecule has 1 amide bonds. The number of epoxide rings is 1. The monoisotopic (exact) mass is 221 g/mol. The van der Waals surface area contributed by atoms with Gasteiger partial charge in [0.1, 0.15) is 12.7 Å². The van der Waals surface area contributed by atoms with Crippen LogP contribution in [0.1, 0.15) is 12.5 Å². The minimum absolute atomic E-state index is 0.104. The Kier molecular flexibility index (Phi) is 3.41. The van der Waals surface area contributed by atoms with Crippen molar-refractivity contribution in [2.24, 2.45) is 0 Å². The lowest BCUT2D eigenvalue weighted by atomic mass is 10.1. The van der Waals surface area contributed by atoms with Crippen molar-refractivity contribution in [1.29, 1.82) is 0 Å². The van der Waals surface area contributed by atoms with Crippen molar-refractivity contribution >= 4 is 11.8 Å². The van der Waals surface area contributed by atoms with Gasteiger partial charge in [-0.05, 0) is 18.1 Å². The zero-order valence-corrected chi connectivity index (χ0v) is 9.23. The van der Waals surface area contributed by atoms with Crippen LogP contribution in [-0.4, -0.2) is 25.4 Å². The minimum atomic E-state index is -0.420. The lowest BCUT2D eigenvalue weighted by Crippen LogP contribution is -2.17. The van der Waals surface area contributed by atoms with Crippen LogP contribution in [0.3, 0.4) is 0 Å². The standard InChI is InChI=1S/C12H15NO3/c1-2-9-5-3-4-6-11(9)13-12(14)16-8-10-7-15-10/h3-6,10H,2,7-8H2,1H3,(H,13,14). The third-order valence-corrected chi connectivity index (χ3v) is 2.44. The van der Waals surface area contributed by atoms with Gasteiger partial charge in [0.15, 0.2) is 0 Å². The Labute approximate surface area is 94.6 Å². The van der Waals surface area contributed by atoms with Gasteiger partial charge >= 0.3 is 6.09 Å². The summed E-state index contributed by atoms with van der Waals surface area (Å²) < 4.78 is 9.94. The molecule has 1 N–H and O–H groups in total. The fourth-order valence-electron chi connectivity index (χ4n) is 1.43. The second kappa shape index (κ2) is 4.99. The van der Waals surface area contributed by atoms with Crippen molar-refractivity contribution in [3.63, 3.8) is 0 Å². The van der Waals surface area contributed by atoms with Gasteiger partial charge in [0.2, 0.25) is 0 Å². The number of carbonyl (C=O) groups is 1. The summed E-state index contributed by atoms with van der Waals surface area (Å²) in [5, 5.41) is 2.73. The average Bonchev–Trinajstić information content (AvgIpc) is 3.11. The van der Waals surface area contributed by atoms with Crippen molar-refractivity contribution in [2.75, 3.05) is 18.5 Å². The van der Waals surface area contributed by atoms with E-state index in [9.17, 15) is 4.79 Å². The molecule has 4 heteroatoms. The van der Waals surface area contributed by atoms with Crippen molar-refractivity contribution in [1.82, 2.24) is 0 Å². The summed E-state index contributed by atoms with van der Waals surface area (Å²) in [6.45, 7) is 3.07. The van der Waals surface area contributed by atoms with Crippen molar-refractivity contribution in [3.05, 3.63) is 29.8 Å². The van der Waals surface area contributed by atoms with Gasteiger partial charge in [-0.2, -0.15) is 0 Å². The van der Waals surface area contributed by atoms with E-state index in [0.717, 1.165) is 17.7 Å². The fourth-order valence-corrected chi connectivity index (χ4v) is 1.43. The summed E-state index contributed by atoms with van der Waals surface area (Å²) in [5.74, 6) is 0. The van der Waals surface area contributed by atoms with Crippen molar-refractivity contribution < 1.29 is 14.3 Å². The molecule has 1 unspecified atom stereocenters. The second-order valence-electron chi connectivity index (χ2n) is 3.69. The topological polar surface area (TPSA) is 50.9 Å². The highest BCUT2D eigenvalue weighted by molar-refractivity contribution is 5.85. The number of carbonyl (C=O) groups excluding carboxylic acids is 1. The van der Waals surface area contributed by atoms with Gasteiger partial charge in [-0.1, -0.05) is 25.1 Å². The van der Waals surface area contributed by atoms with E-state index in [-0.39, 0.29) is 6.10 Å². The Morgan fingerprint density at radius 1 is 1.56 bits per heavy atom. The van der Waals surface area contributed by atoms with Crippen LogP contribution in [0.4, 0.5) is 10.5 Å². The van der Waals surface area contributed by atoms with Gasteiger partial charge in [0, 0.05) is 5.69 Å². The SMILES string of the molecule is CCc1ccccc1NC(=O)OCC1CO1. The van der Waals surface area contributed by atoms with Crippen LogP contribution in [0.5, 0.6) is 0 Å². The third-order valence-electron chi connectivity index (χ3n) is 2.44. The lowest BCUT2D eigenvalue weighted by Gasteiger charge is -2.09. The molecule has 86 valence electrons. The Balaban J connectivity index is 1.88. The molecule has 1 saturated heterocycles. The molecule has 1 fully saturated rings. The van der Waals surface area contributed by atoms with E-state index < -0.39 is 6.09 Å². The van der Waals surface area contributed by atoms with Crippen LogP contribution in [-0.2, 0) is 15.9 Å². The predicted octanol–water partition coefficient (Wildman–Crippen LogP) is 2.20. The van der Waals surface area contributed by atoms with E-state index in [1.165, 1.54) is 0 Å². The molecular weight excluding hydrogens is 206 g/mol. The molecule has 0 aromatic heterocycles. The van der Waals surface area contributed by atoms with E-state index in [0.29, 0.717) is 13.2 Å². The number of hydrogen-bond donors (Lipinski definition) is 1. The summed E-state index contributed by atoms with van der Waals surface area (Å²) in [5.41, 5.74) is 1.91. The first-order valence-corrected chi connectivity index (χ1v) is 5.43. The highest BCUT2D eigenvalue weighted by Gasteiger charge is 2.24. The van der Waals surface area contributed by atoms with E-state index >= 15 is 0 Å². The van der Waals surface area contributed by atoms with Crippen LogP contribution in [0.2, 0.25) is 0 Å². The molecule has 0 radical (unpaired) electrons. The molecule has 1 aliphatic heterocycles. The van der Waals surface area contributed by atoms with Gasteiger partial charge in [-0.15, -0.1) is 0 Å². The number of para-hydroxylation sites is 1. The van der Waals surface area contributed by atoms with Gasteiger partial charge in [-0.25, -0.2) is 4.79 Å². The van der Waals surface area contributed by atoms with E-state index in [1.54, 1.807) is 0 Å².